The van der Waals surface area contributed by atoms with Crippen LogP contribution in [-0.4, -0.2) is 140 Å². The number of ether oxygens (including phenoxy) is 11. The molecule has 56 heavy (non-hydrogen) atoms. The van der Waals surface area contributed by atoms with Crippen molar-refractivity contribution in [3.63, 3.8) is 0 Å². The Balaban J connectivity index is 0.869. The van der Waals surface area contributed by atoms with Crippen LogP contribution in [0.15, 0.2) is 23.5 Å². The fourth-order valence-corrected chi connectivity index (χ4v) is 11.0. The largest absolute Gasteiger partial charge is 0.469 e. The van der Waals surface area contributed by atoms with E-state index in [0.717, 1.165) is 31.3 Å². The molecular weight excluding hydrogens is 732 g/mol. The third-order valence-electron chi connectivity index (χ3n) is 14.3. The molecule has 6 heterocycles. The van der Waals surface area contributed by atoms with Crippen molar-refractivity contribution in [1.82, 2.24) is 0 Å². The molecule has 0 bridgehead atoms. The van der Waals surface area contributed by atoms with Crippen LogP contribution in [-0.2, 0) is 56.9 Å². The Morgan fingerprint density at radius 1 is 0.839 bits per heavy atom. The normalized spacial score (nSPS) is 51.9. The molecule has 0 aromatic heterocycles. The lowest BCUT2D eigenvalue weighted by Crippen LogP contribution is -2.61. The van der Waals surface area contributed by atoms with Crippen LogP contribution in [0.5, 0.6) is 0 Å². The molecule has 15 nitrogen and oxygen atoms in total. The average Bonchev–Trinajstić information content (AvgIpc) is 3.68. The van der Waals surface area contributed by atoms with Crippen molar-refractivity contribution in [1.29, 1.82) is 0 Å². The van der Waals surface area contributed by atoms with E-state index in [0.29, 0.717) is 25.9 Å². The van der Waals surface area contributed by atoms with Gasteiger partial charge in [0.1, 0.15) is 36.6 Å². The predicted molar refractivity (Wildman–Crippen MR) is 194 cm³/mol. The Hall–Kier alpha value is -1.73. The van der Waals surface area contributed by atoms with Crippen molar-refractivity contribution < 1.29 is 72.2 Å². The van der Waals surface area contributed by atoms with Crippen LogP contribution in [0.4, 0.5) is 0 Å². The molecule has 20 atom stereocenters. The van der Waals surface area contributed by atoms with Crippen molar-refractivity contribution in [3.8, 4) is 0 Å². The van der Waals surface area contributed by atoms with Gasteiger partial charge in [-0.25, -0.2) is 0 Å². The highest BCUT2D eigenvalue weighted by molar-refractivity contribution is 5.74. The van der Waals surface area contributed by atoms with Crippen molar-refractivity contribution in [3.05, 3.63) is 23.5 Å². The van der Waals surface area contributed by atoms with E-state index < -0.39 is 85.7 Å². The number of methoxy groups -OCH3 is 2. The first-order valence-electron chi connectivity index (χ1n) is 20.7. The minimum atomic E-state index is -1.16. The molecule has 6 fully saturated rings. The van der Waals surface area contributed by atoms with Crippen LogP contribution in [0, 0.1) is 23.2 Å². The van der Waals surface area contributed by atoms with Crippen LogP contribution in [0.3, 0.4) is 0 Å². The number of esters is 1. The summed E-state index contributed by atoms with van der Waals surface area (Å²) in [5.41, 5.74) is 2.24. The Kier molecular flexibility index (Phi) is 11.7. The molecule has 3 N–H and O–H groups in total. The molecule has 0 amide bonds. The molecule has 1 saturated carbocycles. The number of hydrogen-bond acceptors (Lipinski definition) is 15. The molecule has 316 valence electrons. The number of aliphatic hydroxyl groups excluding tert-OH is 3. The van der Waals surface area contributed by atoms with Crippen molar-refractivity contribution >= 4 is 5.97 Å². The zero-order chi connectivity index (χ0) is 39.7. The SMILES string of the molecule is CO[C@@H]1[C@@H](O)[C@H](O[C@H]2CC[C@@]3(C)C(=CC[C@H]4C(=O)O[C@@H]5CO[C@]6(C)OC=C(CC[C@@H]43)[C@H]56)C2)O[C@H](C)[C@H]1O[C@H]1C[C@@H](O)[C@H](O[C@H]2C[C@@H](OC)[C@H](O)[C@@H](C)O2)[C@@H](C)O1. The smallest absolute Gasteiger partial charge is 0.309 e. The van der Waals surface area contributed by atoms with Gasteiger partial charge >= 0.3 is 5.97 Å². The van der Waals surface area contributed by atoms with Gasteiger partial charge in [-0.2, -0.15) is 0 Å². The first-order valence-corrected chi connectivity index (χ1v) is 20.7. The summed E-state index contributed by atoms with van der Waals surface area (Å²) in [5.74, 6) is -1.10. The molecule has 8 aliphatic rings. The zero-order valence-corrected chi connectivity index (χ0v) is 33.7. The molecule has 15 heteroatoms. The number of hydrogen-bond donors (Lipinski definition) is 3. The lowest BCUT2D eigenvalue weighted by Gasteiger charge is -2.51. The molecule has 0 unspecified atom stereocenters. The molecule has 0 aromatic carbocycles. The van der Waals surface area contributed by atoms with Crippen LogP contribution in [0.2, 0.25) is 0 Å². The van der Waals surface area contributed by atoms with E-state index in [1.54, 1.807) is 13.8 Å². The fraction of sp³-hybridized carbons (Fsp3) is 0.878. The summed E-state index contributed by atoms with van der Waals surface area (Å²) in [5, 5.41) is 33.1. The van der Waals surface area contributed by atoms with Gasteiger partial charge < -0.3 is 67.4 Å². The van der Waals surface area contributed by atoms with E-state index in [1.165, 1.54) is 19.8 Å². The summed E-state index contributed by atoms with van der Waals surface area (Å²) in [6.45, 7) is 9.95. The molecule has 0 spiro atoms. The predicted octanol–water partition coefficient (Wildman–Crippen LogP) is 3.00. The number of carbonyl (C=O) groups excluding carboxylic acids is 1. The minimum Gasteiger partial charge on any atom is -0.469 e. The van der Waals surface area contributed by atoms with Gasteiger partial charge in [0.15, 0.2) is 18.9 Å². The highest BCUT2D eigenvalue weighted by atomic mass is 16.8. The fourth-order valence-electron chi connectivity index (χ4n) is 11.0. The Labute approximate surface area is 329 Å². The Morgan fingerprint density at radius 3 is 2.32 bits per heavy atom. The molecule has 8 rings (SSSR count). The third kappa shape index (κ3) is 7.40. The van der Waals surface area contributed by atoms with Gasteiger partial charge in [0.2, 0.25) is 5.79 Å². The highest BCUT2D eigenvalue weighted by Crippen LogP contribution is 2.57. The number of carbonyl (C=O) groups is 1. The second-order valence-corrected chi connectivity index (χ2v) is 17.7. The zero-order valence-electron chi connectivity index (χ0n) is 33.7. The van der Waals surface area contributed by atoms with Gasteiger partial charge in [-0.15, -0.1) is 0 Å². The Bertz CT molecular complexity index is 1480. The van der Waals surface area contributed by atoms with Gasteiger partial charge in [-0.3, -0.25) is 4.79 Å². The maximum absolute atomic E-state index is 13.7. The van der Waals surface area contributed by atoms with Gasteiger partial charge in [0, 0.05) is 34.0 Å². The summed E-state index contributed by atoms with van der Waals surface area (Å²) >= 11 is 0. The number of allylic oxidation sites excluding steroid dienone is 1. The van der Waals surface area contributed by atoms with Crippen LogP contribution < -0.4 is 0 Å². The summed E-state index contributed by atoms with van der Waals surface area (Å²) in [7, 11) is 3.05. The summed E-state index contributed by atoms with van der Waals surface area (Å²) in [6.07, 6.45) is -1.12. The first kappa shape index (κ1) is 41.0. The van der Waals surface area contributed by atoms with Crippen LogP contribution in [0.1, 0.15) is 86.0 Å². The first-order chi connectivity index (χ1) is 26.7. The van der Waals surface area contributed by atoms with E-state index in [4.69, 9.17) is 52.1 Å². The molecule has 5 saturated heterocycles. The van der Waals surface area contributed by atoms with Crippen molar-refractivity contribution in [2.75, 3.05) is 20.8 Å². The quantitative estimate of drug-likeness (QED) is 0.241. The molecule has 0 radical (unpaired) electrons. The molecule has 0 aromatic rings. The molecule has 6 aliphatic heterocycles. The van der Waals surface area contributed by atoms with Crippen LogP contribution >= 0.6 is 0 Å². The van der Waals surface area contributed by atoms with Gasteiger partial charge in [0.05, 0.1) is 61.3 Å². The number of fused-ring (bicyclic) bond motifs is 3. The highest BCUT2D eigenvalue weighted by Gasteiger charge is 2.58. The molecular formula is C41H62O15. The second kappa shape index (κ2) is 16.0. The standard InChI is InChI=1S/C41H62O15/c1-19-33(43)28(46-6)16-31(50-19)55-35-20(2)51-30(15-27(35)42)56-36-21(3)52-39(34(44)37(36)47-7)53-24-12-13-40(4)23(14-24)9-10-25-26(40)11-8-22-17-48-41(5)32(22)29(18-49-41)54-38(25)45/h9,17,19-21,24-37,39,42-44H,8,10-16,18H2,1-7H3/t19-,20-,21-,24+,25-,26+,27-,28-,29-,30+,31+,32-,33-,34-,35-,36-,37-,39+,40+,41+/m1/s1. The maximum Gasteiger partial charge on any atom is 0.309 e. The van der Waals surface area contributed by atoms with Gasteiger partial charge in [-0.1, -0.05) is 18.6 Å². The van der Waals surface area contributed by atoms with E-state index in [2.05, 4.69) is 13.0 Å². The monoisotopic (exact) mass is 794 g/mol. The number of aliphatic hydroxyl groups is 3. The van der Waals surface area contributed by atoms with Crippen LogP contribution in [0.25, 0.3) is 0 Å². The van der Waals surface area contributed by atoms with E-state index in [9.17, 15) is 20.1 Å². The second-order valence-electron chi connectivity index (χ2n) is 17.7. The summed E-state index contributed by atoms with van der Waals surface area (Å²) < 4.78 is 66.7. The van der Waals surface area contributed by atoms with Gasteiger partial charge in [0.25, 0.3) is 0 Å². The lowest BCUT2D eigenvalue weighted by atomic mass is 9.55. The minimum absolute atomic E-state index is 0.0773. The average molecular weight is 795 g/mol. The maximum atomic E-state index is 13.7. The molecule has 2 aliphatic carbocycles. The van der Waals surface area contributed by atoms with Crippen molar-refractivity contribution in [2.24, 2.45) is 23.2 Å². The lowest BCUT2D eigenvalue weighted by molar-refractivity contribution is -0.352. The summed E-state index contributed by atoms with van der Waals surface area (Å²) in [6, 6.07) is 0. The van der Waals surface area contributed by atoms with Gasteiger partial charge in [-0.05, 0) is 76.2 Å². The van der Waals surface area contributed by atoms with Crippen molar-refractivity contribution in [2.45, 2.75) is 184 Å². The van der Waals surface area contributed by atoms with E-state index >= 15 is 0 Å². The summed E-state index contributed by atoms with van der Waals surface area (Å²) in [4.78, 5) is 13.7. The topological polar surface area (TPSA) is 179 Å². The third-order valence-corrected chi connectivity index (χ3v) is 14.3. The van der Waals surface area contributed by atoms with E-state index in [-0.39, 0.29) is 47.8 Å². The Morgan fingerprint density at radius 2 is 1.57 bits per heavy atom. The van der Waals surface area contributed by atoms with E-state index in [1.807, 2.05) is 20.1 Å². The number of rotatable bonds is 8.